The number of carbonyl (C=O) groups is 1. The van der Waals surface area contributed by atoms with Crippen LogP contribution < -0.4 is 5.32 Å². The minimum Gasteiger partial charge on any atom is -0.322 e. The minimum absolute atomic E-state index is 0.0417. The third-order valence-electron chi connectivity index (χ3n) is 3.58. The van der Waals surface area contributed by atoms with E-state index in [-0.39, 0.29) is 28.7 Å². The lowest BCUT2D eigenvalue weighted by atomic mass is 10.1. The van der Waals surface area contributed by atoms with Crippen molar-refractivity contribution in [2.24, 2.45) is 0 Å². The monoisotopic (exact) mass is 277 g/mol. The predicted molar refractivity (Wildman–Crippen MR) is 75.2 cm³/mol. The van der Waals surface area contributed by atoms with Crippen LogP contribution in [0.5, 0.6) is 0 Å². The van der Waals surface area contributed by atoms with Crippen LogP contribution in [0.2, 0.25) is 0 Å². The van der Waals surface area contributed by atoms with Gasteiger partial charge in [-0.25, -0.2) is 0 Å². The molecule has 0 bridgehead atoms. The standard InChI is InChI=1S/C14H19N3O3/c1-4-7-16-13(15-10(3)14(16)18)11-6-5-9(2)12(8-11)17(19)20/h5-6,8,10,13,15H,4,7H2,1-3H3. The SMILES string of the molecule is CCCN1C(=O)C(C)NC1c1ccc(C)c([N+](=O)[O-])c1. The number of aryl methyl sites for hydroxylation is 1. The maximum Gasteiger partial charge on any atom is 0.272 e. The first-order valence-electron chi connectivity index (χ1n) is 6.77. The van der Waals surface area contributed by atoms with Crippen molar-refractivity contribution in [3.05, 3.63) is 39.4 Å². The zero-order valence-corrected chi connectivity index (χ0v) is 11.9. The van der Waals surface area contributed by atoms with Gasteiger partial charge in [0.1, 0.15) is 6.17 Å². The van der Waals surface area contributed by atoms with Crippen LogP contribution in [0.15, 0.2) is 18.2 Å². The van der Waals surface area contributed by atoms with E-state index in [0.29, 0.717) is 12.1 Å². The molecule has 1 heterocycles. The van der Waals surface area contributed by atoms with Gasteiger partial charge in [0.2, 0.25) is 5.91 Å². The van der Waals surface area contributed by atoms with Crippen molar-refractivity contribution in [1.29, 1.82) is 0 Å². The molecule has 0 spiro atoms. The van der Waals surface area contributed by atoms with Crippen molar-refractivity contribution in [2.45, 2.75) is 39.4 Å². The number of rotatable bonds is 4. The Balaban J connectivity index is 2.37. The van der Waals surface area contributed by atoms with E-state index in [2.05, 4.69) is 5.32 Å². The van der Waals surface area contributed by atoms with Gasteiger partial charge in [0.25, 0.3) is 5.69 Å². The summed E-state index contributed by atoms with van der Waals surface area (Å²) in [4.78, 5) is 24.5. The largest absolute Gasteiger partial charge is 0.322 e. The maximum absolute atomic E-state index is 12.1. The first-order chi connectivity index (χ1) is 9.45. The number of benzene rings is 1. The number of hydrogen-bond acceptors (Lipinski definition) is 4. The van der Waals surface area contributed by atoms with E-state index in [4.69, 9.17) is 0 Å². The first-order valence-corrected chi connectivity index (χ1v) is 6.77. The summed E-state index contributed by atoms with van der Waals surface area (Å²) in [7, 11) is 0. The number of nitro groups is 1. The highest BCUT2D eigenvalue weighted by Crippen LogP contribution is 2.29. The summed E-state index contributed by atoms with van der Waals surface area (Å²) in [6.07, 6.45) is 0.571. The van der Waals surface area contributed by atoms with Crippen molar-refractivity contribution < 1.29 is 9.72 Å². The fraction of sp³-hybridized carbons (Fsp3) is 0.500. The van der Waals surface area contributed by atoms with E-state index in [1.54, 1.807) is 24.0 Å². The van der Waals surface area contributed by atoms with Gasteiger partial charge < -0.3 is 4.90 Å². The molecular weight excluding hydrogens is 258 g/mol. The van der Waals surface area contributed by atoms with Crippen molar-refractivity contribution in [3.63, 3.8) is 0 Å². The highest BCUT2D eigenvalue weighted by molar-refractivity contribution is 5.84. The Kier molecular flexibility index (Phi) is 4.04. The molecule has 1 amide bonds. The smallest absolute Gasteiger partial charge is 0.272 e. The second-order valence-electron chi connectivity index (χ2n) is 5.13. The van der Waals surface area contributed by atoms with E-state index in [1.165, 1.54) is 0 Å². The van der Waals surface area contributed by atoms with Gasteiger partial charge in [0.15, 0.2) is 0 Å². The average molecular weight is 277 g/mol. The molecule has 1 aromatic carbocycles. The Labute approximate surface area is 117 Å². The van der Waals surface area contributed by atoms with Crippen LogP contribution >= 0.6 is 0 Å². The van der Waals surface area contributed by atoms with Gasteiger partial charge in [-0.2, -0.15) is 0 Å². The Hall–Kier alpha value is -1.95. The molecule has 6 heteroatoms. The van der Waals surface area contributed by atoms with Crippen LogP contribution in [0.4, 0.5) is 5.69 Å². The summed E-state index contributed by atoms with van der Waals surface area (Å²) in [5, 5.41) is 14.2. The predicted octanol–water partition coefficient (Wildman–Crippen LogP) is 2.13. The molecule has 1 N–H and O–H groups in total. The van der Waals surface area contributed by atoms with E-state index < -0.39 is 0 Å². The summed E-state index contributed by atoms with van der Waals surface area (Å²) in [6.45, 7) is 6.17. The quantitative estimate of drug-likeness (QED) is 0.675. The molecule has 1 fully saturated rings. The van der Waals surface area contributed by atoms with E-state index in [0.717, 1.165) is 12.0 Å². The molecule has 0 aliphatic carbocycles. The van der Waals surface area contributed by atoms with Gasteiger partial charge in [0, 0.05) is 18.2 Å². The molecule has 108 valence electrons. The molecule has 0 saturated carbocycles. The Bertz CT molecular complexity index is 544. The topological polar surface area (TPSA) is 75.5 Å². The molecule has 0 radical (unpaired) electrons. The summed E-state index contributed by atoms with van der Waals surface area (Å²) in [5.74, 6) is 0.0417. The van der Waals surface area contributed by atoms with Gasteiger partial charge in [-0.15, -0.1) is 0 Å². The lowest BCUT2D eigenvalue weighted by Gasteiger charge is -2.24. The number of nitro benzene ring substituents is 1. The van der Waals surface area contributed by atoms with Crippen molar-refractivity contribution >= 4 is 11.6 Å². The van der Waals surface area contributed by atoms with Crippen LogP contribution in [-0.2, 0) is 4.79 Å². The molecule has 2 unspecified atom stereocenters. The van der Waals surface area contributed by atoms with E-state index in [9.17, 15) is 14.9 Å². The van der Waals surface area contributed by atoms with Gasteiger partial charge in [-0.05, 0) is 25.8 Å². The van der Waals surface area contributed by atoms with Crippen LogP contribution in [0.3, 0.4) is 0 Å². The van der Waals surface area contributed by atoms with Gasteiger partial charge in [0.05, 0.1) is 11.0 Å². The first kappa shape index (κ1) is 14.5. The number of amides is 1. The molecule has 2 atom stereocenters. The average Bonchev–Trinajstić information content (AvgIpc) is 2.68. The van der Waals surface area contributed by atoms with Crippen molar-refractivity contribution in [2.75, 3.05) is 6.54 Å². The summed E-state index contributed by atoms with van der Waals surface area (Å²) < 4.78 is 0. The molecule has 1 aliphatic heterocycles. The van der Waals surface area contributed by atoms with E-state index in [1.807, 2.05) is 19.9 Å². The second kappa shape index (κ2) is 5.58. The Morgan fingerprint density at radius 3 is 2.75 bits per heavy atom. The summed E-state index contributed by atoms with van der Waals surface area (Å²) >= 11 is 0. The zero-order chi connectivity index (χ0) is 14.9. The molecule has 1 aromatic rings. The molecular formula is C14H19N3O3. The highest BCUT2D eigenvalue weighted by Gasteiger charge is 2.36. The van der Waals surface area contributed by atoms with Crippen LogP contribution in [0.25, 0.3) is 0 Å². The van der Waals surface area contributed by atoms with Gasteiger partial charge in [-0.3, -0.25) is 20.2 Å². The summed E-state index contributed by atoms with van der Waals surface area (Å²) in [5.41, 5.74) is 1.47. The Morgan fingerprint density at radius 1 is 1.45 bits per heavy atom. The van der Waals surface area contributed by atoms with Crippen LogP contribution in [0.1, 0.15) is 37.6 Å². The van der Waals surface area contributed by atoms with Gasteiger partial charge >= 0.3 is 0 Å². The normalized spacial score (nSPS) is 22.4. The molecule has 6 nitrogen and oxygen atoms in total. The van der Waals surface area contributed by atoms with Crippen LogP contribution in [-0.4, -0.2) is 28.3 Å². The zero-order valence-electron chi connectivity index (χ0n) is 11.9. The van der Waals surface area contributed by atoms with E-state index >= 15 is 0 Å². The molecule has 0 aromatic heterocycles. The second-order valence-corrected chi connectivity index (χ2v) is 5.13. The molecule has 20 heavy (non-hydrogen) atoms. The highest BCUT2D eigenvalue weighted by atomic mass is 16.6. The number of nitrogens with one attached hydrogen (secondary N) is 1. The molecule has 1 aliphatic rings. The Morgan fingerprint density at radius 2 is 2.15 bits per heavy atom. The minimum atomic E-state index is -0.386. The third-order valence-corrected chi connectivity index (χ3v) is 3.58. The number of carbonyl (C=O) groups excluding carboxylic acids is 1. The van der Waals surface area contributed by atoms with Crippen molar-refractivity contribution in [1.82, 2.24) is 10.2 Å². The van der Waals surface area contributed by atoms with Gasteiger partial charge in [-0.1, -0.05) is 19.1 Å². The fourth-order valence-corrected chi connectivity index (χ4v) is 2.52. The fourth-order valence-electron chi connectivity index (χ4n) is 2.52. The number of nitrogens with zero attached hydrogens (tertiary/aromatic N) is 2. The lowest BCUT2D eigenvalue weighted by molar-refractivity contribution is -0.385. The molecule has 2 rings (SSSR count). The maximum atomic E-state index is 12.1. The lowest BCUT2D eigenvalue weighted by Crippen LogP contribution is -2.31. The third kappa shape index (κ3) is 2.51. The summed E-state index contributed by atoms with van der Waals surface area (Å²) in [6, 6.07) is 4.87. The van der Waals surface area contributed by atoms with Crippen LogP contribution in [0, 0.1) is 17.0 Å². The molecule has 1 saturated heterocycles. The number of hydrogen-bond donors (Lipinski definition) is 1. The van der Waals surface area contributed by atoms with Crippen molar-refractivity contribution in [3.8, 4) is 0 Å².